The predicted molar refractivity (Wildman–Crippen MR) is 149 cm³/mol. The van der Waals surface area contributed by atoms with Crippen LogP contribution >= 0.6 is 23.2 Å². The molecule has 3 aromatic rings. The number of fused-ring (bicyclic) bond motifs is 3. The molecule has 200 valence electrons. The van der Waals surface area contributed by atoms with Crippen molar-refractivity contribution in [2.75, 3.05) is 27.9 Å². The minimum Gasteiger partial charge on any atom is -0.493 e. The Balaban J connectivity index is 1.56. The maximum Gasteiger partial charge on any atom is 0.214 e. The fraction of sp³-hybridized carbons (Fsp3) is 0.345. The van der Waals surface area contributed by atoms with Crippen LogP contribution in [0.15, 0.2) is 53.6 Å². The van der Waals surface area contributed by atoms with E-state index in [4.69, 9.17) is 52.0 Å². The summed E-state index contributed by atoms with van der Waals surface area (Å²) in [5.74, 6) is 3.23. The van der Waals surface area contributed by atoms with E-state index in [0.29, 0.717) is 51.8 Å². The van der Waals surface area contributed by atoms with Gasteiger partial charge in [0.2, 0.25) is 6.23 Å². The van der Waals surface area contributed by atoms with Gasteiger partial charge in [-0.15, -0.1) is 0 Å². The molecule has 0 radical (unpaired) electrons. The van der Waals surface area contributed by atoms with Crippen LogP contribution in [0.25, 0.3) is 0 Å². The summed E-state index contributed by atoms with van der Waals surface area (Å²) < 4.78 is 29.0. The summed E-state index contributed by atoms with van der Waals surface area (Å²) in [6.45, 7) is 2.76. The van der Waals surface area contributed by atoms with E-state index in [-0.39, 0.29) is 6.04 Å². The highest BCUT2D eigenvalue weighted by atomic mass is 35.5. The van der Waals surface area contributed by atoms with E-state index in [9.17, 15) is 0 Å². The third-order valence-corrected chi connectivity index (χ3v) is 7.25. The molecule has 0 amide bonds. The Hall–Kier alpha value is -3.29. The predicted octanol–water partition coefficient (Wildman–Crippen LogP) is 7.44. The lowest BCUT2D eigenvalue weighted by molar-refractivity contribution is -0.0190. The van der Waals surface area contributed by atoms with Gasteiger partial charge in [0.25, 0.3) is 0 Å². The molecule has 0 saturated heterocycles. The van der Waals surface area contributed by atoms with E-state index in [1.165, 1.54) is 0 Å². The van der Waals surface area contributed by atoms with Crippen LogP contribution in [0.5, 0.6) is 28.7 Å². The van der Waals surface area contributed by atoms with Crippen molar-refractivity contribution >= 4 is 28.9 Å². The van der Waals surface area contributed by atoms with Crippen molar-refractivity contribution in [3.05, 3.63) is 75.3 Å². The number of hydrogen-bond donors (Lipinski definition) is 0. The number of methoxy groups -OCH3 is 3. The van der Waals surface area contributed by atoms with Crippen LogP contribution in [0.2, 0.25) is 10.0 Å². The highest BCUT2D eigenvalue weighted by Gasteiger charge is 2.42. The Morgan fingerprint density at radius 3 is 2.39 bits per heavy atom. The van der Waals surface area contributed by atoms with E-state index >= 15 is 0 Å². The van der Waals surface area contributed by atoms with E-state index < -0.39 is 6.23 Å². The minimum absolute atomic E-state index is 0.130. The summed E-state index contributed by atoms with van der Waals surface area (Å²) in [6, 6.07) is 15.1. The van der Waals surface area contributed by atoms with Crippen molar-refractivity contribution in [3.8, 4) is 28.7 Å². The zero-order valence-corrected chi connectivity index (χ0v) is 23.3. The van der Waals surface area contributed by atoms with Gasteiger partial charge in [-0.05, 0) is 55.0 Å². The molecule has 3 aromatic carbocycles. The number of hydrazone groups is 1. The third kappa shape index (κ3) is 4.93. The van der Waals surface area contributed by atoms with Crippen molar-refractivity contribution in [3.63, 3.8) is 0 Å². The lowest BCUT2D eigenvalue weighted by Gasteiger charge is -2.38. The van der Waals surface area contributed by atoms with Crippen LogP contribution in [0.1, 0.15) is 55.1 Å². The molecular formula is C29H30Cl2N2O5. The average Bonchev–Trinajstić information content (AvgIpc) is 3.38. The first-order chi connectivity index (χ1) is 18.5. The van der Waals surface area contributed by atoms with Gasteiger partial charge in [-0.1, -0.05) is 36.5 Å². The van der Waals surface area contributed by atoms with Crippen LogP contribution in [0.3, 0.4) is 0 Å². The van der Waals surface area contributed by atoms with Gasteiger partial charge in [0.05, 0.1) is 44.7 Å². The maximum atomic E-state index is 6.63. The van der Waals surface area contributed by atoms with Crippen molar-refractivity contribution in [1.29, 1.82) is 0 Å². The molecule has 0 aromatic heterocycles. The molecule has 0 spiro atoms. The topological polar surface area (TPSA) is 61.8 Å². The highest BCUT2D eigenvalue weighted by Crippen LogP contribution is 2.51. The molecule has 2 aliphatic rings. The number of nitrogens with zero attached hydrogens (tertiary/aromatic N) is 2. The van der Waals surface area contributed by atoms with Gasteiger partial charge in [-0.2, -0.15) is 5.10 Å². The van der Waals surface area contributed by atoms with Gasteiger partial charge in [0, 0.05) is 28.1 Å². The van der Waals surface area contributed by atoms with Gasteiger partial charge >= 0.3 is 0 Å². The molecular weight excluding hydrogens is 527 g/mol. The summed E-state index contributed by atoms with van der Waals surface area (Å²) in [5, 5.41) is 8.01. The molecule has 0 fully saturated rings. The molecule has 0 aliphatic carbocycles. The Morgan fingerprint density at radius 1 is 0.921 bits per heavy atom. The van der Waals surface area contributed by atoms with Gasteiger partial charge in [-0.3, -0.25) is 0 Å². The molecule has 2 heterocycles. The first kappa shape index (κ1) is 26.3. The molecule has 7 nitrogen and oxygen atoms in total. The van der Waals surface area contributed by atoms with Crippen LogP contribution in [0.4, 0.5) is 0 Å². The van der Waals surface area contributed by atoms with Crippen LogP contribution in [0, 0.1) is 0 Å². The van der Waals surface area contributed by atoms with Crippen molar-refractivity contribution in [2.24, 2.45) is 5.10 Å². The SMILES string of the molecule is CCCCOc1ccc([C@@H]2Oc3c(Cl)cc(Cl)cc3[C@@H]3CC(c4ccc(OC)c(OC)c4)=NN32)cc1OC. The van der Waals surface area contributed by atoms with Crippen molar-refractivity contribution in [2.45, 2.75) is 38.5 Å². The van der Waals surface area contributed by atoms with Crippen LogP contribution in [-0.2, 0) is 0 Å². The maximum absolute atomic E-state index is 6.63. The first-order valence-electron chi connectivity index (χ1n) is 12.5. The lowest BCUT2D eigenvalue weighted by atomic mass is 9.95. The number of ether oxygens (including phenoxy) is 5. The summed E-state index contributed by atoms with van der Waals surface area (Å²) in [6.07, 6.45) is 2.12. The fourth-order valence-corrected chi connectivity index (χ4v) is 5.36. The second-order valence-corrected chi connectivity index (χ2v) is 9.95. The van der Waals surface area contributed by atoms with Crippen molar-refractivity contribution in [1.82, 2.24) is 5.01 Å². The number of halogens is 2. The summed E-state index contributed by atoms with van der Waals surface area (Å²) in [7, 11) is 4.87. The van der Waals surface area contributed by atoms with E-state index in [1.54, 1.807) is 27.4 Å². The molecule has 5 rings (SSSR count). The smallest absolute Gasteiger partial charge is 0.214 e. The van der Waals surface area contributed by atoms with Crippen LogP contribution in [-0.4, -0.2) is 38.7 Å². The second-order valence-electron chi connectivity index (χ2n) is 9.10. The standard InChI is InChI=1S/C29H30Cl2N2O5/c1-5-6-11-37-25-10-8-18(13-27(25)36-4)29-33-23(20-14-19(30)15-21(31)28(20)38-29)16-22(32-33)17-7-9-24(34-2)26(12-17)35-3/h7-10,12-15,23,29H,5-6,11,16H2,1-4H3/t23-,29-/m0/s1. The fourth-order valence-electron chi connectivity index (χ4n) is 4.81. The molecule has 0 bridgehead atoms. The largest absolute Gasteiger partial charge is 0.493 e. The third-order valence-electron chi connectivity index (χ3n) is 6.75. The van der Waals surface area contributed by atoms with Gasteiger partial charge < -0.3 is 23.7 Å². The number of hydrogen-bond acceptors (Lipinski definition) is 7. The molecule has 0 saturated carbocycles. The number of benzene rings is 3. The van der Waals surface area contributed by atoms with Gasteiger partial charge in [-0.25, -0.2) is 5.01 Å². The van der Waals surface area contributed by atoms with E-state index in [1.807, 2.05) is 47.5 Å². The molecule has 2 aliphatic heterocycles. The summed E-state index contributed by atoms with van der Waals surface area (Å²) in [5.41, 5.74) is 3.58. The monoisotopic (exact) mass is 556 g/mol. The Labute approximate surface area is 232 Å². The zero-order chi connectivity index (χ0) is 26.8. The highest BCUT2D eigenvalue weighted by molar-refractivity contribution is 6.35. The van der Waals surface area contributed by atoms with Crippen LogP contribution < -0.4 is 23.7 Å². The Morgan fingerprint density at radius 2 is 1.66 bits per heavy atom. The zero-order valence-electron chi connectivity index (χ0n) is 21.8. The normalized spacial score (nSPS) is 17.7. The molecule has 38 heavy (non-hydrogen) atoms. The molecule has 0 unspecified atom stereocenters. The summed E-state index contributed by atoms with van der Waals surface area (Å²) in [4.78, 5) is 0. The van der Waals surface area contributed by atoms with Gasteiger partial charge in [0.1, 0.15) is 5.75 Å². The quantitative estimate of drug-likeness (QED) is 0.255. The average molecular weight is 557 g/mol. The Bertz CT molecular complexity index is 1360. The lowest BCUT2D eigenvalue weighted by Crippen LogP contribution is -2.33. The first-order valence-corrected chi connectivity index (χ1v) is 13.3. The van der Waals surface area contributed by atoms with E-state index in [0.717, 1.165) is 35.2 Å². The number of unbranched alkanes of at least 4 members (excludes halogenated alkanes) is 1. The van der Waals surface area contributed by atoms with Gasteiger partial charge in [0.15, 0.2) is 23.0 Å². The molecule has 9 heteroatoms. The molecule has 0 N–H and O–H groups in total. The van der Waals surface area contributed by atoms with E-state index in [2.05, 4.69) is 6.92 Å². The number of rotatable bonds is 9. The summed E-state index contributed by atoms with van der Waals surface area (Å²) >= 11 is 13.0. The molecule has 2 atom stereocenters. The second kappa shape index (κ2) is 11.2. The Kier molecular flexibility index (Phi) is 7.77. The minimum atomic E-state index is -0.539. The van der Waals surface area contributed by atoms with Crippen molar-refractivity contribution < 1.29 is 23.7 Å².